The highest BCUT2D eigenvalue weighted by Crippen LogP contribution is 2.51. The number of ether oxygens (including phenoxy) is 2. The van der Waals surface area contributed by atoms with Gasteiger partial charge in [0.25, 0.3) is 0 Å². The van der Waals surface area contributed by atoms with Crippen LogP contribution >= 0.6 is 0 Å². The van der Waals surface area contributed by atoms with Gasteiger partial charge in [-0.3, -0.25) is 14.5 Å². The smallest absolute Gasteiger partial charge is 0.337 e. The first-order valence-corrected chi connectivity index (χ1v) is 17.6. The molecule has 52 heavy (non-hydrogen) atoms. The quantitative estimate of drug-likeness (QED) is 0.182. The van der Waals surface area contributed by atoms with Crippen LogP contribution in [0.4, 0.5) is 11.4 Å². The Hall–Kier alpha value is -5.68. The minimum Gasteiger partial charge on any atom is -0.490 e. The Morgan fingerprint density at radius 1 is 1.02 bits per heavy atom. The number of pyridine rings is 1. The third-order valence-corrected chi connectivity index (χ3v) is 10.2. The summed E-state index contributed by atoms with van der Waals surface area (Å²) < 4.78 is 16.5. The predicted molar refractivity (Wildman–Crippen MR) is 203 cm³/mol. The summed E-state index contributed by atoms with van der Waals surface area (Å²) in [4.78, 5) is 33.1. The van der Waals surface area contributed by atoms with Crippen LogP contribution in [0.3, 0.4) is 0 Å². The zero-order chi connectivity index (χ0) is 36.6. The van der Waals surface area contributed by atoms with Gasteiger partial charge in [0.2, 0.25) is 5.91 Å². The van der Waals surface area contributed by atoms with E-state index in [1.807, 2.05) is 76.9 Å². The summed E-state index contributed by atoms with van der Waals surface area (Å²) in [5, 5.41) is 20.6. The summed E-state index contributed by atoms with van der Waals surface area (Å²) in [5.74, 6) is -0.448. The number of benzene rings is 3. The van der Waals surface area contributed by atoms with Crippen molar-refractivity contribution in [1.82, 2.24) is 19.3 Å². The molecule has 0 aliphatic carbocycles. The molecule has 0 radical (unpaired) electrons. The van der Waals surface area contributed by atoms with Crippen molar-refractivity contribution in [1.29, 1.82) is 0 Å². The molecule has 0 fully saturated rings. The molecule has 0 saturated heterocycles. The molecular weight excluding hydrogens is 656 g/mol. The third kappa shape index (κ3) is 5.38. The van der Waals surface area contributed by atoms with E-state index in [0.717, 1.165) is 72.4 Å². The molecule has 5 heterocycles. The van der Waals surface area contributed by atoms with Crippen LogP contribution in [0.5, 0.6) is 5.75 Å². The first-order valence-electron chi connectivity index (χ1n) is 17.6. The lowest BCUT2D eigenvalue weighted by atomic mass is 9.85. The van der Waals surface area contributed by atoms with Gasteiger partial charge >= 0.3 is 5.97 Å². The SMILES string of the molecule is CC(=O)N1CCn2c(-c3ccnc(-c4ccc5c(cnn5C)c4)c3)cc3c(-c4ccc5c(c4C)NCCO5)c([C@H](OC(C)(C)C)C(=O)O)c(C)c1c32. The number of carboxylic acid groups (broad SMARTS) is 1. The highest BCUT2D eigenvalue weighted by atomic mass is 16.5. The Morgan fingerprint density at radius 3 is 2.58 bits per heavy atom. The van der Waals surface area contributed by atoms with E-state index >= 15 is 0 Å². The van der Waals surface area contributed by atoms with E-state index < -0.39 is 17.7 Å². The van der Waals surface area contributed by atoms with E-state index in [4.69, 9.17) is 14.5 Å². The van der Waals surface area contributed by atoms with Crippen molar-refractivity contribution in [3.8, 4) is 39.4 Å². The Morgan fingerprint density at radius 2 is 1.83 bits per heavy atom. The lowest BCUT2D eigenvalue weighted by molar-refractivity contribution is -0.160. The van der Waals surface area contributed by atoms with Crippen LogP contribution in [0, 0.1) is 13.8 Å². The molecule has 6 aromatic rings. The minimum absolute atomic E-state index is 0.107. The van der Waals surface area contributed by atoms with Crippen molar-refractivity contribution in [2.24, 2.45) is 7.05 Å². The predicted octanol–water partition coefficient (Wildman–Crippen LogP) is 7.65. The highest BCUT2D eigenvalue weighted by molar-refractivity contribution is 6.13. The maximum atomic E-state index is 13.3. The molecule has 1 amide bonds. The number of aryl methyl sites for hydroxylation is 1. The Balaban J connectivity index is 1.44. The third-order valence-electron chi connectivity index (χ3n) is 10.2. The summed E-state index contributed by atoms with van der Waals surface area (Å²) in [6, 6.07) is 16.4. The fourth-order valence-corrected chi connectivity index (χ4v) is 7.97. The summed E-state index contributed by atoms with van der Waals surface area (Å²) in [6.07, 6.45) is 2.37. The maximum absolute atomic E-state index is 13.3. The normalized spacial score (nSPS) is 14.6. The summed E-state index contributed by atoms with van der Waals surface area (Å²) in [5.41, 5.74) is 10.2. The number of hydrogen-bond acceptors (Lipinski definition) is 7. The number of carbonyl (C=O) groups is 2. The Kier molecular flexibility index (Phi) is 7.87. The molecule has 2 N–H and O–H groups in total. The zero-order valence-corrected chi connectivity index (χ0v) is 30.5. The lowest BCUT2D eigenvalue weighted by Crippen LogP contribution is -2.37. The summed E-state index contributed by atoms with van der Waals surface area (Å²) in [6.45, 7) is 13.3. The van der Waals surface area contributed by atoms with E-state index in [9.17, 15) is 14.7 Å². The first kappa shape index (κ1) is 33.5. The molecule has 0 unspecified atom stereocenters. The second-order valence-corrected chi connectivity index (χ2v) is 14.7. The molecule has 0 saturated carbocycles. The van der Waals surface area contributed by atoms with Gasteiger partial charge in [-0.2, -0.15) is 5.10 Å². The van der Waals surface area contributed by atoms with Crippen molar-refractivity contribution in [3.63, 3.8) is 0 Å². The number of carbonyl (C=O) groups excluding carboxylic acids is 1. The molecule has 3 aromatic carbocycles. The van der Waals surface area contributed by atoms with Crippen LogP contribution in [0.15, 0.2) is 60.9 Å². The monoisotopic (exact) mass is 698 g/mol. The van der Waals surface area contributed by atoms with Crippen molar-refractivity contribution in [2.75, 3.05) is 29.9 Å². The second kappa shape index (κ2) is 12.2. The molecule has 266 valence electrons. The number of carboxylic acids is 1. The van der Waals surface area contributed by atoms with Gasteiger partial charge in [-0.05, 0) is 93.3 Å². The van der Waals surface area contributed by atoms with Crippen molar-refractivity contribution in [2.45, 2.75) is 59.8 Å². The topological polar surface area (TPSA) is 124 Å². The number of aliphatic carboxylic acids is 1. The van der Waals surface area contributed by atoms with E-state index in [2.05, 4.69) is 45.3 Å². The number of nitrogens with zero attached hydrogens (tertiary/aromatic N) is 5. The van der Waals surface area contributed by atoms with Gasteiger partial charge in [-0.15, -0.1) is 0 Å². The van der Waals surface area contributed by atoms with Crippen LogP contribution in [0.2, 0.25) is 0 Å². The van der Waals surface area contributed by atoms with Crippen molar-refractivity contribution in [3.05, 3.63) is 77.6 Å². The molecule has 11 nitrogen and oxygen atoms in total. The van der Waals surface area contributed by atoms with Crippen LogP contribution in [-0.4, -0.2) is 61.6 Å². The highest BCUT2D eigenvalue weighted by Gasteiger charge is 2.38. The van der Waals surface area contributed by atoms with Gasteiger partial charge in [-0.25, -0.2) is 4.79 Å². The fraction of sp³-hybridized carbons (Fsp3) is 0.317. The number of aromatic nitrogens is 4. The van der Waals surface area contributed by atoms with E-state index in [0.29, 0.717) is 43.1 Å². The molecule has 1 atom stereocenters. The van der Waals surface area contributed by atoms with Gasteiger partial charge in [0, 0.05) is 73.0 Å². The van der Waals surface area contributed by atoms with Gasteiger partial charge in [0.1, 0.15) is 12.4 Å². The first-order chi connectivity index (χ1) is 24.8. The Labute approximate surface area is 301 Å². The van der Waals surface area contributed by atoms with Crippen LogP contribution < -0.4 is 15.0 Å². The molecular formula is C41H42N6O5. The number of rotatable bonds is 6. The average Bonchev–Trinajstić information content (AvgIpc) is 3.69. The largest absolute Gasteiger partial charge is 0.490 e. The fourth-order valence-electron chi connectivity index (χ4n) is 7.97. The lowest BCUT2D eigenvalue weighted by Gasteiger charge is -2.35. The zero-order valence-electron chi connectivity index (χ0n) is 30.5. The van der Waals surface area contributed by atoms with E-state index in [1.54, 1.807) is 11.8 Å². The number of fused-ring (bicyclic) bond motifs is 2. The van der Waals surface area contributed by atoms with Gasteiger partial charge in [-0.1, -0.05) is 12.1 Å². The second-order valence-electron chi connectivity index (χ2n) is 14.7. The molecule has 2 aliphatic heterocycles. The van der Waals surface area contributed by atoms with Crippen LogP contribution in [0.1, 0.15) is 50.5 Å². The Bertz CT molecular complexity index is 2450. The van der Waals surface area contributed by atoms with Crippen LogP contribution in [-0.2, 0) is 27.9 Å². The standard InChI is InChI=1S/C41H42N6O5/c1-22-28(9-11-33-36(22)43-14-17-51-33)35-29-20-32(26-12-13-42-30(19-26)25-8-10-31-27(18-25)21-44-45(31)7)47-16-15-46(24(3)48)37(38(29)47)23(2)34(35)39(40(49)50)52-41(4,5)6/h8-13,18-21,39,43H,14-17H2,1-7H3,(H,49,50)/t39-/m0/s1. The van der Waals surface area contributed by atoms with Crippen LogP contribution in [0.25, 0.3) is 55.4 Å². The number of anilines is 2. The molecule has 3 aromatic heterocycles. The molecule has 0 spiro atoms. The minimum atomic E-state index is -1.31. The van der Waals surface area contributed by atoms with Gasteiger partial charge < -0.3 is 29.4 Å². The maximum Gasteiger partial charge on any atom is 0.337 e. The number of nitrogens with one attached hydrogen (secondary N) is 1. The molecule has 2 aliphatic rings. The van der Waals surface area contributed by atoms with Gasteiger partial charge in [0.05, 0.1) is 39.9 Å². The average molecular weight is 699 g/mol. The molecule has 8 rings (SSSR count). The van der Waals surface area contributed by atoms with E-state index in [-0.39, 0.29) is 5.91 Å². The van der Waals surface area contributed by atoms with E-state index in [1.165, 1.54) is 0 Å². The summed E-state index contributed by atoms with van der Waals surface area (Å²) in [7, 11) is 1.93. The molecule has 0 bridgehead atoms. The number of amides is 1. The van der Waals surface area contributed by atoms with Gasteiger partial charge in [0.15, 0.2) is 6.10 Å². The van der Waals surface area contributed by atoms with Crippen molar-refractivity contribution < 1.29 is 24.2 Å². The summed E-state index contributed by atoms with van der Waals surface area (Å²) >= 11 is 0. The number of hydrogen-bond donors (Lipinski definition) is 2. The molecule has 11 heteroatoms. The van der Waals surface area contributed by atoms with Crippen molar-refractivity contribution >= 4 is 45.1 Å².